The number of amides is 2. The topological polar surface area (TPSA) is 120 Å². The monoisotopic (exact) mass is 369 g/mol. The van der Waals surface area contributed by atoms with Crippen LogP contribution in [0.15, 0.2) is 54.2 Å². The van der Waals surface area contributed by atoms with Crippen molar-refractivity contribution < 1.29 is 9.59 Å². The average molecular weight is 370 g/mol. The van der Waals surface area contributed by atoms with Crippen molar-refractivity contribution in [2.45, 2.75) is 6.92 Å². The summed E-state index contributed by atoms with van der Waals surface area (Å²) in [6.07, 6.45) is 1.28. The molecule has 0 bridgehead atoms. The number of rotatable bonds is 5. The van der Waals surface area contributed by atoms with Crippen molar-refractivity contribution in [3.8, 4) is 6.07 Å². The second-order valence-corrected chi connectivity index (χ2v) is 5.67. The van der Waals surface area contributed by atoms with Crippen molar-refractivity contribution in [3.05, 3.63) is 59.3 Å². The fourth-order valence-electron chi connectivity index (χ4n) is 2.00. The number of nitrogens with two attached hydrogens (primary N) is 1. The first-order valence-corrected chi connectivity index (χ1v) is 7.87. The van der Waals surface area contributed by atoms with Gasteiger partial charge in [-0.1, -0.05) is 17.7 Å². The lowest BCUT2D eigenvalue weighted by molar-refractivity contribution is -0.114. The van der Waals surface area contributed by atoms with Gasteiger partial charge in [0, 0.05) is 30.2 Å². The van der Waals surface area contributed by atoms with Gasteiger partial charge < -0.3 is 21.7 Å². The van der Waals surface area contributed by atoms with Crippen LogP contribution in [0.25, 0.3) is 0 Å². The largest absolute Gasteiger partial charge is 0.398 e. The van der Waals surface area contributed by atoms with Crippen LogP contribution in [0.1, 0.15) is 6.92 Å². The van der Waals surface area contributed by atoms with Gasteiger partial charge in [-0.15, -0.1) is 0 Å². The van der Waals surface area contributed by atoms with E-state index in [9.17, 15) is 14.9 Å². The van der Waals surface area contributed by atoms with Crippen LogP contribution in [-0.4, -0.2) is 11.8 Å². The zero-order valence-corrected chi connectivity index (χ0v) is 14.6. The van der Waals surface area contributed by atoms with Crippen LogP contribution in [-0.2, 0) is 9.59 Å². The zero-order valence-electron chi connectivity index (χ0n) is 13.8. The highest BCUT2D eigenvalue weighted by atomic mass is 35.5. The summed E-state index contributed by atoms with van der Waals surface area (Å²) >= 11 is 5.90. The maximum atomic E-state index is 12.2. The van der Waals surface area contributed by atoms with Gasteiger partial charge >= 0.3 is 0 Å². The number of hydrogen-bond acceptors (Lipinski definition) is 5. The fraction of sp³-hybridized carbons (Fsp3) is 0.0556. The molecule has 2 amide bonds. The molecule has 0 atom stereocenters. The Kier molecular flexibility index (Phi) is 6.20. The highest BCUT2D eigenvalue weighted by molar-refractivity contribution is 6.33. The predicted molar refractivity (Wildman–Crippen MR) is 103 cm³/mol. The van der Waals surface area contributed by atoms with E-state index in [1.54, 1.807) is 36.4 Å². The van der Waals surface area contributed by atoms with E-state index >= 15 is 0 Å². The Bertz CT molecular complexity index is 918. The molecule has 0 aliphatic heterocycles. The molecule has 8 heteroatoms. The van der Waals surface area contributed by atoms with E-state index in [-0.39, 0.29) is 11.5 Å². The maximum Gasteiger partial charge on any atom is 0.267 e. The van der Waals surface area contributed by atoms with Gasteiger partial charge in [0.2, 0.25) is 5.91 Å². The number of nitrogens with zero attached hydrogens (tertiary/aromatic N) is 1. The molecule has 132 valence electrons. The average Bonchev–Trinajstić information content (AvgIpc) is 2.58. The highest BCUT2D eigenvalue weighted by Gasteiger charge is 2.10. The first-order chi connectivity index (χ1) is 12.4. The second-order valence-electron chi connectivity index (χ2n) is 5.27. The van der Waals surface area contributed by atoms with Gasteiger partial charge in [0.05, 0.1) is 10.7 Å². The molecule has 0 radical (unpaired) electrons. The van der Waals surface area contributed by atoms with Crippen LogP contribution >= 0.6 is 11.6 Å². The molecule has 2 aromatic rings. The van der Waals surface area contributed by atoms with E-state index in [0.29, 0.717) is 27.8 Å². The summed E-state index contributed by atoms with van der Waals surface area (Å²) in [6.45, 7) is 1.40. The standard InChI is InChI=1S/C18H16ClN5O2/c1-11(25)23-14-4-2-3-13(7-14)22-10-12(9-20)18(26)24-15-5-6-17(21)16(19)8-15/h2-8,10,22H,21H2,1H3,(H,23,25)(H,24,26)/b12-10-. The van der Waals surface area contributed by atoms with Crippen LogP contribution in [0.2, 0.25) is 5.02 Å². The van der Waals surface area contributed by atoms with Gasteiger partial charge in [-0.3, -0.25) is 9.59 Å². The minimum atomic E-state index is -0.598. The Hall–Kier alpha value is -3.50. The predicted octanol–water partition coefficient (Wildman–Crippen LogP) is 3.34. The third kappa shape index (κ3) is 5.26. The number of hydrogen-bond donors (Lipinski definition) is 4. The summed E-state index contributed by atoms with van der Waals surface area (Å²) < 4.78 is 0. The summed E-state index contributed by atoms with van der Waals surface area (Å²) in [7, 11) is 0. The molecule has 2 aromatic carbocycles. The van der Waals surface area contributed by atoms with Crippen LogP contribution in [0.3, 0.4) is 0 Å². The summed E-state index contributed by atoms with van der Waals surface area (Å²) in [5.74, 6) is -0.796. The number of anilines is 4. The molecule has 0 heterocycles. The summed E-state index contributed by atoms with van der Waals surface area (Å²) in [6, 6.07) is 13.3. The zero-order chi connectivity index (χ0) is 19.1. The third-order valence-corrected chi connectivity index (χ3v) is 3.52. The van der Waals surface area contributed by atoms with Crippen molar-refractivity contribution >= 4 is 46.2 Å². The van der Waals surface area contributed by atoms with E-state index in [0.717, 1.165) is 0 Å². The third-order valence-electron chi connectivity index (χ3n) is 3.19. The van der Waals surface area contributed by atoms with Crippen LogP contribution in [0, 0.1) is 11.3 Å². The van der Waals surface area contributed by atoms with E-state index in [1.165, 1.54) is 19.2 Å². The molecule has 0 saturated carbocycles. The lowest BCUT2D eigenvalue weighted by Gasteiger charge is -2.08. The Morgan fingerprint density at radius 2 is 1.81 bits per heavy atom. The molecule has 0 saturated heterocycles. The molecule has 0 fully saturated rings. The first kappa shape index (κ1) is 18.8. The highest BCUT2D eigenvalue weighted by Crippen LogP contribution is 2.23. The number of halogens is 1. The van der Waals surface area contributed by atoms with E-state index in [1.807, 2.05) is 6.07 Å². The molecule has 0 aliphatic rings. The number of nitriles is 1. The van der Waals surface area contributed by atoms with E-state index < -0.39 is 5.91 Å². The van der Waals surface area contributed by atoms with Gasteiger partial charge in [-0.05, 0) is 36.4 Å². The minimum absolute atomic E-state index is 0.136. The molecule has 0 unspecified atom stereocenters. The molecule has 26 heavy (non-hydrogen) atoms. The molecular weight excluding hydrogens is 354 g/mol. The summed E-state index contributed by atoms with van der Waals surface area (Å²) in [5.41, 5.74) is 7.49. The molecular formula is C18H16ClN5O2. The Morgan fingerprint density at radius 3 is 2.46 bits per heavy atom. The normalized spacial score (nSPS) is 10.6. The Balaban J connectivity index is 2.09. The fourth-order valence-corrected chi connectivity index (χ4v) is 2.18. The number of carbonyl (C=O) groups excluding carboxylic acids is 2. The number of benzene rings is 2. The van der Waals surface area contributed by atoms with Crippen LogP contribution < -0.4 is 21.7 Å². The number of carbonyl (C=O) groups is 2. The number of nitrogen functional groups attached to an aromatic ring is 1. The molecule has 7 nitrogen and oxygen atoms in total. The van der Waals surface area contributed by atoms with E-state index in [4.69, 9.17) is 17.3 Å². The van der Waals surface area contributed by atoms with Crippen molar-refractivity contribution in [1.82, 2.24) is 0 Å². The molecule has 0 aliphatic carbocycles. The summed E-state index contributed by atoms with van der Waals surface area (Å²) in [5, 5.41) is 17.6. The molecule has 0 aromatic heterocycles. The first-order valence-electron chi connectivity index (χ1n) is 7.50. The maximum absolute atomic E-state index is 12.2. The number of nitrogens with one attached hydrogen (secondary N) is 3. The molecule has 0 spiro atoms. The van der Waals surface area contributed by atoms with Gasteiger partial charge in [-0.2, -0.15) is 5.26 Å². The van der Waals surface area contributed by atoms with Crippen LogP contribution in [0.4, 0.5) is 22.7 Å². The van der Waals surface area contributed by atoms with Gasteiger partial charge in [0.25, 0.3) is 5.91 Å². The Morgan fingerprint density at radius 1 is 1.12 bits per heavy atom. The van der Waals surface area contributed by atoms with Crippen molar-refractivity contribution in [2.75, 3.05) is 21.7 Å². The molecule has 5 N–H and O–H groups in total. The SMILES string of the molecule is CC(=O)Nc1cccc(N/C=C(/C#N)C(=O)Nc2ccc(N)c(Cl)c2)c1. The smallest absolute Gasteiger partial charge is 0.267 e. The summed E-state index contributed by atoms with van der Waals surface area (Å²) in [4.78, 5) is 23.3. The van der Waals surface area contributed by atoms with Crippen molar-refractivity contribution in [2.24, 2.45) is 0 Å². The van der Waals surface area contributed by atoms with Crippen molar-refractivity contribution in [3.63, 3.8) is 0 Å². The van der Waals surface area contributed by atoms with Gasteiger partial charge in [0.1, 0.15) is 11.6 Å². The molecule has 2 rings (SSSR count). The lowest BCUT2D eigenvalue weighted by Crippen LogP contribution is -2.14. The Labute approximate surface area is 155 Å². The van der Waals surface area contributed by atoms with Crippen molar-refractivity contribution in [1.29, 1.82) is 5.26 Å². The lowest BCUT2D eigenvalue weighted by atomic mass is 10.2. The van der Waals surface area contributed by atoms with E-state index in [2.05, 4.69) is 16.0 Å². The minimum Gasteiger partial charge on any atom is -0.398 e. The second kappa shape index (κ2) is 8.55. The van der Waals surface area contributed by atoms with Gasteiger partial charge in [0.15, 0.2) is 0 Å². The quantitative estimate of drug-likeness (QED) is 0.366. The van der Waals surface area contributed by atoms with Crippen LogP contribution in [0.5, 0.6) is 0 Å². The van der Waals surface area contributed by atoms with Gasteiger partial charge in [-0.25, -0.2) is 0 Å².